The van der Waals surface area contributed by atoms with Crippen LogP contribution in [0.3, 0.4) is 0 Å². The summed E-state index contributed by atoms with van der Waals surface area (Å²) in [5.74, 6) is 1.21. The van der Waals surface area contributed by atoms with Gasteiger partial charge in [0, 0.05) is 22.7 Å². The van der Waals surface area contributed by atoms with Crippen LogP contribution in [0.25, 0.3) is 0 Å². The lowest BCUT2D eigenvalue weighted by Gasteiger charge is -2.34. The molecule has 1 aromatic carbocycles. The van der Waals surface area contributed by atoms with Crippen LogP contribution < -0.4 is 5.32 Å². The van der Waals surface area contributed by atoms with Crippen LogP contribution in [0.2, 0.25) is 5.02 Å². The molecule has 0 amide bonds. The zero-order chi connectivity index (χ0) is 15.3. The zero-order valence-corrected chi connectivity index (χ0v) is 12.8. The highest BCUT2D eigenvalue weighted by Crippen LogP contribution is 2.40. The summed E-state index contributed by atoms with van der Waals surface area (Å²) >= 11 is 5.99. The monoisotopic (exact) mass is 314 g/mol. The maximum Gasteiger partial charge on any atom is 0.226 e. The average molecular weight is 315 g/mol. The van der Waals surface area contributed by atoms with Crippen molar-refractivity contribution in [3.63, 3.8) is 0 Å². The molecule has 2 heterocycles. The number of halogens is 1. The SMILES string of the molecule is C[C@@H]1CC(=O)C2=C(C1)Nc1ncnn1[C@@H]2c1ccc(Cl)cc1. The molecule has 1 N–H and O–H groups in total. The molecule has 2 aromatic rings. The van der Waals surface area contributed by atoms with Crippen LogP contribution in [0.15, 0.2) is 41.9 Å². The molecule has 0 unspecified atom stereocenters. The number of benzene rings is 1. The van der Waals surface area contributed by atoms with Crippen molar-refractivity contribution in [2.24, 2.45) is 5.92 Å². The van der Waals surface area contributed by atoms with Gasteiger partial charge >= 0.3 is 0 Å². The zero-order valence-electron chi connectivity index (χ0n) is 12.1. The summed E-state index contributed by atoms with van der Waals surface area (Å²) in [5.41, 5.74) is 2.77. The number of carbonyl (C=O) groups excluding carboxylic acids is 1. The number of aromatic nitrogens is 3. The number of hydrogen-bond acceptors (Lipinski definition) is 4. The van der Waals surface area contributed by atoms with Gasteiger partial charge in [-0.25, -0.2) is 4.68 Å². The Bertz CT molecular complexity index is 778. The third kappa shape index (κ3) is 2.04. The third-order valence-electron chi connectivity index (χ3n) is 4.25. The van der Waals surface area contributed by atoms with Gasteiger partial charge in [-0.2, -0.15) is 10.1 Å². The van der Waals surface area contributed by atoms with E-state index in [9.17, 15) is 4.79 Å². The van der Waals surface area contributed by atoms with Gasteiger partial charge in [0.2, 0.25) is 5.95 Å². The first-order valence-corrected chi connectivity index (χ1v) is 7.69. The van der Waals surface area contributed by atoms with Gasteiger partial charge in [0.15, 0.2) is 5.78 Å². The van der Waals surface area contributed by atoms with E-state index >= 15 is 0 Å². The molecule has 0 fully saturated rings. The Morgan fingerprint density at radius 3 is 2.82 bits per heavy atom. The van der Waals surface area contributed by atoms with E-state index < -0.39 is 0 Å². The number of Topliss-reactive ketones (excluding diaryl/α,β-unsaturated/α-hetero) is 1. The van der Waals surface area contributed by atoms with Crippen LogP contribution in [0.1, 0.15) is 31.4 Å². The second-order valence-electron chi connectivity index (χ2n) is 5.94. The minimum absolute atomic E-state index is 0.183. The van der Waals surface area contributed by atoms with Crippen molar-refractivity contribution in [1.82, 2.24) is 14.8 Å². The predicted octanol–water partition coefficient (Wildman–Crippen LogP) is 3.20. The number of nitrogens with zero attached hydrogens (tertiary/aromatic N) is 3. The van der Waals surface area contributed by atoms with Gasteiger partial charge in [0.25, 0.3) is 0 Å². The van der Waals surface area contributed by atoms with Crippen LogP contribution >= 0.6 is 11.6 Å². The lowest BCUT2D eigenvalue weighted by molar-refractivity contribution is -0.117. The Labute approximate surface area is 133 Å². The molecule has 0 radical (unpaired) electrons. The molecule has 5 nitrogen and oxygen atoms in total. The highest BCUT2D eigenvalue weighted by molar-refractivity contribution is 6.30. The van der Waals surface area contributed by atoms with E-state index in [4.69, 9.17) is 11.6 Å². The first-order chi connectivity index (χ1) is 10.6. The van der Waals surface area contributed by atoms with E-state index in [-0.39, 0.29) is 11.8 Å². The van der Waals surface area contributed by atoms with Crippen molar-refractivity contribution in [3.8, 4) is 0 Å². The summed E-state index contributed by atoms with van der Waals surface area (Å²) in [6.07, 6.45) is 2.95. The molecule has 2 atom stereocenters. The molecule has 2 aliphatic rings. The maximum absolute atomic E-state index is 12.6. The Balaban J connectivity index is 1.89. The van der Waals surface area contributed by atoms with Crippen molar-refractivity contribution in [2.45, 2.75) is 25.8 Å². The average Bonchev–Trinajstić information content (AvgIpc) is 2.93. The predicted molar refractivity (Wildman–Crippen MR) is 83.7 cm³/mol. The number of hydrogen-bond donors (Lipinski definition) is 1. The van der Waals surface area contributed by atoms with Crippen molar-refractivity contribution in [3.05, 3.63) is 52.4 Å². The molecule has 0 spiro atoms. The van der Waals surface area contributed by atoms with Crippen LogP contribution in [-0.4, -0.2) is 20.5 Å². The van der Waals surface area contributed by atoms with E-state index in [0.717, 1.165) is 23.3 Å². The largest absolute Gasteiger partial charge is 0.328 e. The molecule has 1 aliphatic carbocycles. The molecule has 0 bridgehead atoms. The fourth-order valence-electron chi connectivity index (χ4n) is 3.30. The maximum atomic E-state index is 12.6. The number of rotatable bonds is 1. The third-order valence-corrected chi connectivity index (χ3v) is 4.50. The summed E-state index contributed by atoms with van der Waals surface area (Å²) in [4.78, 5) is 16.9. The van der Waals surface area contributed by atoms with E-state index in [1.165, 1.54) is 6.33 Å². The first-order valence-electron chi connectivity index (χ1n) is 7.31. The Morgan fingerprint density at radius 1 is 1.27 bits per heavy atom. The van der Waals surface area contributed by atoms with Gasteiger partial charge in [0.05, 0.1) is 0 Å². The number of anilines is 1. The highest BCUT2D eigenvalue weighted by atomic mass is 35.5. The molecule has 0 saturated carbocycles. The van der Waals surface area contributed by atoms with E-state index in [0.29, 0.717) is 23.3 Å². The molecule has 6 heteroatoms. The fraction of sp³-hybridized carbons (Fsp3) is 0.312. The lowest BCUT2D eigenvalue weighted by atomic mass is 9.81. The number of ketones is 1. The first kappa shape index (κ1) is 13.5. The number of fused-ring (bicyclic) bond motifs is 1. The van der Waals surface area contributed by atoms with Gasteiger partial charge in [-0.3, -0.25) is 4.79 Å². The Hall–Kier alpha value is -2.14. The fourth-order valence-corrected chi connectivity index (χ4v) is 3.43. The normalized spacial score (nSPS) is 23.8. The minimum atomic E-state index is -0.231. The Morgan fingerprint density at radius 2 is 2.05 bits per heavy atom. The number of allylic oxidation sites excluding steroid dienone is 2. The molecule has 112 valence electrons. The summed E-state index contributed by atoms with van der Waals surface area (Å²) in [5, 5.41) is 8.25. The van der Waals surface area contributed by atoms with Crippen molar-refractivity contribution in [2.75, 3.05) is 5.32 Å². The van der Waals surface area contributed by atoms with E-state index in [2.05, 4.69) is 22.3 Å². The number of carbonyl (C=O) groups is 1. The van der Waals surface area contributed by atoms with Crippen LogP contribution in [-0.2, 0) is 4.79 Å². The van der Waals surface area contributed by atoms with E-state index in [1.807, 2.05) is 24.3 Å². The number of nitrogens with one attached hydrogen (secondary N) is 1. The molecule has 0 saturated heterocycles. The quantitative estimate of drug-likeness (QED) is 0.878. The molecule has 1 aliphatic heterocycles. The molecular formula is C16H15ClN4O. The second kappa shape index (κ2) is 4.95. The van der Waals surface area contributed by atoms with Gasteiger partial charge in [0.1, 0.15) is 12.4 Å². The molecular weight excluding hydrogens is 300 g/mol. The van der Waals surface area contributed by atoms with Gasteiger partial charge in [-0.15, -0.1) is 0 Å². The van der Waals surface area contributed by atoms with Crippen LogP contribution in [0, 0.1) is 5.92 Å². The van der Waals surface area contributed by atoms with Crippen LogP contribution in [0.4, 0.5) is 5.95 Å². The summed E-state index contributed by atoms with van der Waals surface area (Å²) in [6.45, 7) is 2.10. The summed E-state index contributed by atoms with van der Waals surface area (Å²) < 4.78 is 1.77. The lowest BCUT2D eigenvalue weighted by Crippen LogP contribution is -2.33. The Kier molecular flexibility index (Phi) is 3.04. The van der Waals surface area contributed by atoms with Crippen molar-refractivity contribution in [1.29, 1.82) is 0 Å². The standard InChI is InChI=1S/C16H15ClN4O/c1-9-6-12-14(13(22)7-9)15(10-2-4-11(17)5-3-10)21-16(20-12)18-8-19-21/h2-5,8-9,15H,6-7H2,1H3,(H,18,19,20)/t9-,15+/m0/s1. The molecule has 4 rings (SSSR count). The van der Waals surface area contributed by atoms with Gasteiger partial charge in [-0.1, -0.05) is 30.7 Å². The van der Waals surface area contributed by atoms with Gasteiger partial charge < -0.3 is 5.32 Å². The highest BCUT2D eigenvalue weighted by Gasteiger charge is 2.37. The summed E-state index contributed by atoms with van der Waals surface area (Å²) in [7, 11) is 0. The summed E-state index contributed by atoms with van der Waals surface area (Å²) in [6, 6.07) is 7.34. The second-order valence-corrected chi connectivity index (χ2v) is 6.37. The van der Waals surface area contributed by atoms with E-state index in [1.54, 1.807) is 4.68 Å². The minimum Gasteiger partial charge on any atom is -0.328 e. The van der Waals surface area contributed by atoms with Crippen molar-refractivity contribution >= 4 is 23.3 Å². The van der Waals surface area contributed by atoms with Crippen molar-refractivity contribution < 1.29 is 4.79 Å². The molecule has 22 heavy (non-hydrogen) atoms. The van der Waals surface area contributed by atoms with Crippen LogP contribution in [0.5, 0.6) is 0 Å². The molecule has 1 aromatic heterocycles. The smallest absolute Gasteiger partial charge is 0.226 e. The van der Waals surface area contributed by atoms with Gasteiger partial charge in [-0.05, 0) is 30.0 Å². The topological polar surface area (TPSA) is 59.8 Å².